The van der Waals surface area contributed by atoms with Crippen LogP contribution in [0, 0.1) is 0 Å². The highest BCUT2D eigenvalue weighted by atomic mass is 16.5. The summed E-state index contributed by atoms with van der Waals surface area (Å²) in [6.07, 6.45) is 6.68. The van der Waals surface area contributed by atoms with Crippen LogP contribution in [0.3, 0.4) is 0 Å². The van der Waals surface area contributed by atoms with Gasteiger partial charge in [0.15, 0.2) is 5.96 Å². The summed E-state index contributed by atoms with van der Waals surface area (Å²) in [5.41, 5.74) is 1.18. The maximum absolute atomic E-state index is 5.19. The quantitative estimate of drug-likeness (QED) is 0.432. The summed E-state index contributed by atoms with van der Waals surface area (Å²) in [5, 5.41) is 6.78. The molecule has 1 aromatic carbocycles. The first-order valence-electron chi connectivity index (χ1n) is 9.69. The zero-order chi connectivity index (χ0) is 17.7. The van der Waals surface area contributed by atoms with Crippen molar-refractivity contribution >= 4 is 5.96 Å². The third-order valence-electron chi connectivity index (χ3n) is 4.57. The number of hydrogen-bond donors (Lipinski definition) is 2. The van der Waals surface area contributed by atoms with Crippen molar-refractivity contribution in [3.05, 3.63) is 29.8 Å². The minimum absolute atomic E-state index is 0.672. The normalized spacial score (nSPS) is 16.3. The fourth-order valence-electron chi connectivity index (χ4n) is 3.11. The molecular formula is C20H34N4O. The van der Waals surface area contributed by atoms with Gasteiger partial charge >= 0.3 is 0 Å². The van der Waals surface area contributed by atoms with E-state index in [4.69, 9.17) is 4.74 Å². The topological polar surface area (TPSA) is 48.9 Å². The summed E-state index contributed by atoms with van der Waals surface area (Å²) in [4.78, 5) is 7.29. The molecule has 0 atom stereocenters. The number of methoxy groups -OCH3 is 1. The van der Waals surface area contributed by atoms with E-state index in [2.05, 4.69) is 39.6 Å². The molecule has 2 N–H and O–H groups in total. The minimum atomic E-state index is 0.672. The Hall–Kier alpha value is -1.75. The van der Waals surface area contributed by atoms with Crippen LogP contribution in [0.15, 0.2) is 29.3 Å². The number of nitrogens with one attached hydrogen (secondary N) is 2. The Morgan fingerprint density at radius 2 is 1.80 bits per heavy atom. The van der Waals surface area contributed by atoms with Crippen molar-refractivity contribution in [1.29, 1.82) is 0 Å². The Balaban J connectivity index is 1.72. The Morgan fingerprint density at radius 1 is 1.08 bits per heavy atom. The number of guanidine groups is 1. The van der Waals surface area contributed by atoms with Crippen molar-refractivity contribution in [2.24, 2.45) is 4.99 Å². The van der Waals surface area contributed by atoms with Crippen molar-refractivity contribution in [2.45, 2.75) is 45.6 Å². The second-order valence-corrected chi connectivity index (χ2v) is 6.58. The molecule has 0 aromatic heterocycles. The van der Waals surface area contributed by atoms with Crippen LogP contribution in [-0.4, -0.2) is 50.7 Å². The Bertz CT molecular complexity index is 493. The van der Waals surface area contributed by atoms with Crippen molar-refractivity contribution in [3.8, 4) is 5.75 Å². The van der Waals surface area contributed by atoms with E-state index in [1.165, 1.54) is 50.9 Å². The standard InChI is InChI=1S/C20H34N4O/c1-3-21-20(23-17-18-9-11-19(25-2)12-10-18)22-13-8-16-24-14-6-4-5-7-15-24/h9-12H,3-8,13-17H2,1-2H3,(H2,21,22,23). The van der Waals surface area contributed by atoms with Crippen molar-refractivity contribution in [1.82, 2.24) is 15.5 Å². The molecule has 1 heterocycles. The van der Waals surface area contributed by atoms with Crippen molar-refractivity contribution < 1.29 is 4.74 Å². The first-order valence-corrected chi connectivity index (χ1v) is 9.69. The summed E-state index contributed by atoms with van der Waals surface area (Å²) in [6, 6.07) is 8.08. The van der Waals surface area contributed by atoms with Gasteiger partial charge in [-0.15, -0.1) is 0 Å². The van der Waals surface area contributed by atoms with Crippen molar-refractivity contribution in [3.63, 3.8) is 0 Å². The Labute approximate surface area is 152 Å². The molecule has 0 amide bonds. The molecule has 0 bridgehead atoms. The highest BCUT2D eigenvalue weighted by molar-refractivity contribution is 5.79. The lowest BCUT2D eigenvalue weighted by Crippen LogP contribution is -2.39. The summed E-state index contributed by atoms with van der Waals surface area (Å²) in [7, 11) is 1.69. The van der Waals surface area contributed by atoms with Crippen LogP contribution in [0.1, 0.15) is 44.6 Å². The molecular weight excluding hydrogens is 312 g/mol. The van der Waals surface area contributed by atoms with Gasteiger partial charge in [-0.25, -0.2) is 4.99 Å². The van der Waals surface area contributed by atoms with Gasteiger partial charge < -0.3 is 20.3 Å². The molecule has 1 aromatic rings. The van der Waals surface area contributed by atoms with E-state index in [1.807, 2.05) is 12.1 Å². The van der Waals surface area contributed by atoms with E-state index in [0.29, 0.717) is 6.54 Å². The van der Waals surface area contributed by atoms with Crippen LogP contribution in [0.5, 0.6) is 5.75 Å². The molecule has 2 rings (SSSR count). The highest BCUT2D eigenvalue weighted by Gasteiger charge is 2.08. The monoisotopic (exact) mass is 346 g/mol. The Morgan fingerprint density at radius 3 is 2.44 bits per heavy atom. The Kier molecular flexibility index (Phi) is 9.19. The average molecular weight is 347 g/mol. The molecule has 5 nitrogen and oxygen atoms in total. The largest absolute Gasteiger partial charge is 0.497 e. The average Bonchev–Trinajstić information content (AvgIpc) is 2.92. The number of aliphatic imine (C=N–C) groups is 1. The van der Waals surface area contributed by atoms with E-state index < -0.39 is 0 Å². The molecule has 5 heteroatoms. The molecule has 0 spiro atoms. The van der Waals surface area contributed by atoms with Gasteiger partial charge in [-0.2, -0.15) is 0 Å². The van der Waals surface area contributed by atoms with Crippen LogP contribution in [0.25, 0.3) is 0 Å². The van der Waals surface area contributed by atoms with Gasteiger partial charge in [0, 0.05) is 13.1 Å². The second-order valence-electron chi connectivity index (χ2n) is 6.58. The van der Waals surface area contributed by atoms with E-state index in [0.717, 1.165) is 31.2 Å². The number of nitrogens with zero attached hydrogens (tertiary/aromatic N) is 2. The molecule has 1 saturated heterocycles. The van der Waals surface area contributed by atoms with E-state index in [-0.39, 0.29) is 0 Å². The van der Waals surface area contributed by atoms with Gasteiger partial charge in [0.25, 0.3) is 0 Å². The molecule has 0 aliphatic carbocycles. The van der Waals surface area contributed by atoms with Gasteiger partial charge in [-0.05, 0) is 63.5 Å². The number of benzene rings is 1. The van der Waals surface area contributed by atoms with E-state index in [9.17, 15) is 0 Å². The van der Waals surface area contributed by atoms with Crippen LogP contribution in [0.4, 0.5) is 0 Å². The third-order valence-corrected chi connectivity index (χ3v) is 4.57. The fourth-order valence-corrected chi connectivity index (χ4v) is 3.11. The molecule has 1 fully saturated rings. The number of rotatable bonds is 8. The molecule has 0 unspecified atom stereocenters. The zero-order valence-electron chi connectivity index (χ0n) is 15.9. The minimum Gasteiger partial charge on any atom is -0.497 e. The van der Waals surface area contributed by atoms with Gasteiger partial charge in [0.1, 0.15) is 5.75 Å². The maximum Gasteiger partial charge on any atom is 0.191 e. The van der Waals surface area contributed by atoms with Crippen LogP contribution in [-0.2, 0) is 6.54 Å². The smallest absolute Gasteiger partial charge is 0.191 e. The fraction of sp³-hybridized carbons (Fsp3) is 0.650. The van der Waals surface area contributed by atoms with E-state index in [1.54, 1.807) is 7.11 Å². The lowest BCUT2D eigenvalue weighted by atomic mass is 10.2. The summed E-state index contributed by atoms with van der Waals surface area (Å²) in [6.45, 7) is 8.33. The maximum atomic E-state index is 5.19. The van der Waals surface area contributed by atoms with Gasteiger partial charge in [-0.3, -0.25) is 0 Å². The number of ether oxygens (including phenoxy) is 1. The van der Waals surface area contributed by atoms with Crippen molar-refractivity contribution in [2.75, 3.05) is 39.8 Å². The predicted octanol–water partition coefficient (Wildman–Crippen LogP) is 3.02. The number of hydrogen-bond acceptors (Lipinski definition) is 3. The molecule has 0 saturated carbocycles. The van der Waals surface area contributed by atoms with Gasteiger partial charge in [0.05, 0.1) is 13.7 Å². The molecule has 0 radical (unpaired) electrons. The van der Waals surface area contributed by atoms with Crippen LogP contribution >= 0.6 is 0 Å². The zero-order valence-corrected chi connectivity index (χ0v) is 15.9. The van der Waals surface area contributed by atoms with E-state index >= 15 is 0 Å². The summed E-state index contributed by atoms with van der Waals surface area (Å²) < 4.78 is 5.19. The summed E-state index contributed by atoms with van der Waals surface area (Å²) in [5.74, 6) is 1.78. The molecule has 1 aliphatic heterocycles. The lowest BCUT2D eigenvalue weighted by molar-refractivity contribution is 0.282. The van der Waals surface area contributed by atoms with Crippen LogP contribution in [0.2, 0.25) is 0 Å². The predicted molar refractivity (Wildman–Crippen MR) is 105 cm³/mol. The molecule has 25 heavy (non-hydrogen) atoms. The molecule has 140 valence electrons. The first-order chi connectivity index (χ1) is 12.3. The first kappa shape index (κ1) is 19.6. The molecule has 1 aliphatic rings. The highest BCUT2D eigenvalue weighted by Crippen LogP contribution is 2.12. The SMILES string of the molecule is CCNC(=NCc1ccc(OC)cc1)NCCCN1CCCCCC1. The summed E-state index contributed by atoms with van der Waals surface area (Å²) >= 11 is 0. The van der Waals surface area contributed by atoms with Crippen LogP contribution < -0.4 is 15.4 Å². The second kappa shape index (κ2) is 11.7. The lowest BCUT2D eigenvalue weighted by Gasteiger charge is -2.20. The number of likely N-dealkylation sites (tertiary alicyclic amines) is 1. The van der Waals surface area contributed by atoms with Gasteiger partial charge in [-0.1, -0.05) is 25.0 Å². The third kappa shape index (κ3) is 7.78. The van der Waals surface area contributed by atoms with Gasteiger partial charge in [0.2, 0.25) is 0 Å².